The average Bonchev–Trinajstić information content (AvgIpc) is 2.80. The van der Waals surface area contributed by atoms with Crippen molar-refractivity contribution in [2.45, 2.75) is 39.7 Å². The fourth-order valence-corrected chi connectivity index (χ4v) is 3.03. The van der Waals surface area contributed by atoms with E-state index < -0.39 is 6.04 Å². The molecule has 0 heterocycles. The van der Waals surface area contributed by atoms with E-state index in [1.54, 1.807) is 25.0 Å². The fraction of sp³-hybridized carbons (Fsp3) is 0.360. The number of rotatable bonds is 11. The van der Waals surface area contributed by atoms with Crippen molar-refractivity contribution in [2.75, 3.05) is 25.6 Å². The summed E-state index contributed by atoms with van der Waals surface area (Å²) in [4.78, 5) is 27.1. The maximum Gasteiger partial charge on any atom is 0.247 e. The Morgan fingerprint density at radius 1 is 1.06 bits per heavy atom. The maximum atomic E-state index is 12.9. The first kappa shape index (κ1) is 24.0. The number of para-hydroxylation sites is 1. The lowest BCUT2D eigenvalue weighted by Gasteiger charge is -2.27. The molecule has 2 amide bonds. The molecule has 0 aromatic heterocycles. The van der Waals surface area contributed by atoms with Gasteiger partial charge in [-0.3, -0.25) is 9.59 Å². The van der Waals surface area contributed by atoms with Gasteiger partial charge in [0.15, 0.2) is 11.5 Å². The van der Waals surface area contributed by atoms with Gasteiger partial charge >= 0.3 is 0 Å². The summed E-state index contributed by atoms with van der Waals surface area (Å²) in [5.74, 6) is 0.846. The Bertz CT molecular complexity index is 880. The first-order valence-corrected chi connectivity index (χ1v) is 10.7. The van der Waals surface area contributed by atoms with E-state index >= 15 is 0 Å². The first-order chi connectivity index (χ1) is 15.0. The van der Waals surface area contributed by atoms with Crippen LogP contribution in [0.1, 0.15) is 39.2 Å². The molecule has 0 aliphatic heterocycles. The molecule has 31 heavy (non-hydrogen) atoms. The van der Waals surface area contributed by atoms with E-state index in [9.17, 15) is 9.59 Å². The van der Waals surface area contributed by atoms with Gasteiger partial charge in [-0.25, -0.2) is 0 Å². The summed E-state index contributed by atoms with van der Waals surface area (Å²) < 4.78 is 11.1. The number of ether oxygens (including phenoxy) is 2. The van der Waals surface area contributed by atoms with Gasteiger partial charge in [-0.15, -0.1) is 0 Å². The fourth-order valence-electron chi connectivity index (χ4n) is 3.03. The lowest BCUT2D eigenvalue weighted by molar-refractivity contribution is -0.134. The van der Waals surface area contributed by atoms with Crippen molar-refractivity contribution in [1.29, 1.82) is 0 Å². The molecule has 0 spiro atoms. The Kier molecular flexibility index (Phi) is 9.62. The van der Waals surface area contributed by atoms with Gasteiger partial charge in [0, 0.05) is 18.3 Å². The van der Waals surface area contributed by atoms with E-state index in [4.69, 9.17) is 9.47 Å². The van der Waals surface area contributed by atoms with Crippen LogP contribution >= 0.6 is 0 Å². The standard InChI is InChI=1S/C25H32N2O4/c1-5-16-27(19(3)25(29)26-21-10-8-7-9-11-21)24(28)15-13-20-12-14-22(31-17-6-2)23(18-20)30-4/h7-15,18-19H,5-6,16-17H2,1-4H3,(H,26,29). The van der Waals surface area contributed by atoms with Gasteiger partial charge in [-0.05, 0) is 55.7 Å². The number of carbonyl (C=O) groups excluding carboxylic acids is 2. The monoisotopic (exact) mass is 424 g/mol. The van der Waals surface area contributed by atoms with Crippen molar-refractivity contribution in [3.63, 3.8) is 0 Å². The summed E-state index contributed by atoms with van der Waals surface area (Å²) in [7, 11) is 1.59. The molecule has 1 unspecified atom stereocenters. The van der Waals surface area contributed by atoms with Crippen LogP contribution in [0.3, 0.4) is 0 Å². The van der Waals surface area contributed by atoms with Crippen LogP contribution in [-0.2, 0) is 9.59 Å². The summed E-state index contributed by atoms with van der Waals surface area (Å²) in [6.45, 7) is 6.85. The third-order valence-corrected chi connectivity index (χ3v) is 4.70. The zero-order valence-electron chi connectivity index (χ0n) is 18.8. The van der Waals surface area contributed by atoms with Crippen molar-refractivity contribution < 1.29 is 19.1 Å². The van der Waals surface area contributed by atoms with Crippen LogP contribution in [0, 0.1) is 0 Å². The summed E-state index contributed by atoms with van der Waals surface area (Å²) in [6, 6.07) is 14.1. The number of benzene rings is 2. The minimum Gasteiger partial charge on any atom is -0.493 e. The molecule has 6 heteroatoms. The number of anilines is 1. The molecule has 0 radical (unpaired) electrons. The molecule has 0 aliphatic carbocycles. The SMILES string of the molecule is CCCOc1ccc(C=CC(=O)N(CCC)C(C)C(=O)Nc2ccccc2)cc1OC. The highest BCUT2D eigenvalue weighted by Gasteiger charge is 2.24. The molecule has 2 aromatic carbocycles. The Morgan fingerprint density at radius 3 is 2.45 bits per heavy atom. The topological polar surface area (TPSA) is 67.9 Å². The van der Waals surface area contributed by atoms with E-state index in [-0.39, 0.29) is 11.8 Å². The zero-order valence-corrected chi connectivity index (χ0v) is 18.8. The molecule has 0 saturated carbocycles. The van der Waals surface area contributed by atoms with Crippen LogP contribution in [0.5, 0.6) is 11.5 Å². The Labute approximate surface area is 184 Å². The largest absolute Gasteiger partial charge is 0.493 e. The van der Waals surface area contributed by atoms with Crippen LogP contribution in [0.25, 0.3) is 6.08 Å². The lowest BCUT2D eigenvalue weighted by Crippen LogP contribution is -2.45. The number of amides is 2. The van der Waals surface area contributed by atoms with Gasteiger partial charge in [0.1, 0.15) is 6.04 Å². The van der Waals surface area contributed by atoms with Crippen molar-refractivity contribution >= 4 is 23.6 Å². The first-order valence-electron chi connectivity index (χ1n) is 10.7. The predicted octanol–water partition coefficient (Wildman–Crippen LogP) is 4.76. The van der Waals surface area contributed by atoms with Crippen molar-refractivity contribution in [3.05, 3.63) is 60.2 Å². The summed E-state index contributed by atoms with van der Waals surface area (Å²) in [6.07, 6.45) is 4.87. The quantitative estimate of drug-likeness (QED) is 0.528. The van der Waals surface area contributed by atoms with E-state index in [0.29, 0.717) is 30.3 Å². The van der Waals surface area contributed by atoms with E-state index in [1.165, 1.54) is 6.08 Å². The van der Waals surface area contributed by atoms with Gasteiger partial charge in [-0.1, -0.05) is 38.1 Å². The van der Waals surface area contributed by atoms with Crippen molar-refractivity contribution in [2.24, 2.45) is 0 Å². The number of nitrogens with zero attached hydrogens (tertiary/aromatic N) is 1. The zero-order chi connectivity index (χ0) is 22.6. The number of carbonyl (C=O) groups is 2. The van der Waals surface area contributed by atoms with Crippen molar-refractivity contribution in [1.82, 2.24) is 4.90 Å². The van der Waals surface area contributed by atoms with Crippen LogP contribution in [0.15, 0.2) is 54.6 Å². The highest BCUT2D eigenvalue weighted by molar-refractivity contribution is 5.99. The Hall–Kier alpha value is -3.28. The molecular weight excluding hydrogens is 392 g/mol. The highest BCUT2D eigenvalue weighted by atomic mass is 16.5. The van der Waals surface area contributed by atoms with E-state index in [1.807, 2.05) is 62.4 Å². The molecule has 1 atom stereocenters. The lowest BCUT2D eigenvalue weighted by atomic mass is 10.1. The second-order valence-corrected chi connectivity index (χ2v) is 7.15. The minimum atomic E-state index is -0.600. The predicted molar refractivity (Wildman–Crippen MR) is 124 cm³/mol. The Balaban J connectivity index is 2.10. The van der Waals surface area contributed by atoms with Crippen LogP contribution in [0.2, 0.25) is 0 Å². The van der Waals surface area contributed by atoms with Gasteiger partial charge in [-0.2, -0.15) is 0 Å². The van der Waals surface area contributed by atoms with Gasteiger partial charge in [0.2, 0.25) is 11.8 Å². The van der Waals surface area contributed by atoms with E-state index in [2.05, 4.69) is 5.32 Å². The molecule has 166 valence electrons. The van der Waals surface area contributed by atoms with E-state index in [0.717, 1.165) is 18.4 Å². The third kappa shape index (κ3) is 7.17. The normalized spacial score (nSPS) is 11.7. The summed E-state index contributed by atoms with van der Waals surface area (Å²) in [5, 5.41) is 2.86. The number of nitrogens with one attached hydrogen (secondary N) is 1. The van der Waals surface area contributed by atoms with Crippen LogP contribution < -0.4 is 14.8 Å². The van der Waals surface area contributed by atoms with Gasteiger partial charge in [0.05, 0.1) is 13.7 Å². The summed E-state index contributed by atoms with van der Waals surface area (Å²) in [5.41, 5.74) is 1.52. The van der Waals surface area contributed by atoms with Gasteiger partial charge in [0.25, 0.3) is 0 Å². The Morgan fingerprint density at radius 2 is 1.81 bits per heavy atom. The molecule has 6 nitrogen and oxygen atoms in total. The molecule has 0 bridgehead atoms. The number of hydrogen-bond donors (Lipinski definition) is 1. The van der Waals surface area contributed by atoms with Crippen molar-refractivity contribution in [3.8, 4) is 11.5 Å². The smallest absolute Gasteiger partial charge is 0.247 e. The van der Waals surface area contributed by atoms with Gasteiger partial charge < -0.3 is 19.7 Å². The molecular formula is C25H32N2O4. The molecule has 0 aliphatic rings. The highest BCUT2D eigenvalue weighted by Crippen LogP contribution is 2.28. The maximum absolute atomic E-state index is 12.9. The summed E-state index contributed by atoms with van der Waals surface area (Å²) >= 11 is 0. The number of methoxy groups -OCH3 is 1. The molecule has 0 fully saturated rings. The second kappa shape index (κ2) is 12.4. The van der Waals surface area contributed by atoms with Crippen LogP contribution in [0.4, 0.5) is 5.69 Å². The molecule has 2 aromatic rings. The molecule has 2 rings (SSSR count). The number of hydrogen-bond acceptors (Lipinski definition) is 4. The third-order valence-electron chi connectivity index (χ3n) is 4.70. The second-order valence-electron chi connectivity index (χ2n) is 7.15. The average molecular weight is 425 g/mol. The molecule has 1 N–H and O–H groups in total. The molecule has 0 saturated heterocycles. The minimum absolute atomic E-state index is 0.220. The van der Waals surface area contributed by atoms with Crippen LogP contribution in [-0.4, -0.2) is 43.0 Å².